The molecular weight excluding hydrogens is 400 g/mol. The van der Waals surface area contributed by atoms with Crippen molar-refractivity contribution in [3.63, 3.8) is 0 Å². The molecule has 0 fully saturated rings. The first-order chi connectivity index (χ1) is 12.8. The Labute approximate surface area is 163 Å². The summed E-state index contributed by atoms with van der Waals surface area (Å²) < 4.78 is 40.0. The minimum atomic E-state index is -4.47. The van der Waals surface area contributed by atoms with E-state index < -0.39 is 11.7 Å². The molecule has 140 valence electrons. The number of halogens is 5. The number of nitrogens with one attached hydrogen (secondary N) is 1. The molecule has 0 unspecified atom stereocenters. The first kappa shape index (κ1) is 19.3. The summed E-state index contributed by atoms with van der Waals surface area (Å²) in [5.74, 6) is 0. The van der Waals surface area contributed by atoms with Gasteiger partial charge in [-0.05, 0) is 37.3 Å². The molecule has 0 aliphatic carbocycles. The molecule has 3 aromatic rings. The fourth-order valence-corrected chi connectivity index (χ4v) is 2.83. The lowest BCUT2D eigenvalue weighted by molar-refractivity contribution is -0.137. The highest BCUT2D eigenvalue weighted by Crippen LogP contribution is 2.33. The molecule has 0 aliphatic heterocycles. The van der Waals surface area contributed by atoms with Gasteiger partial charge in [-0.15, -0.1) is 0 Å². The van der Waals surface area contributed by atoms with E-state index in [0.717, 1.165) is 23.9 Å². The molecule has 1 aromatic heterocycles. The van der Waals surface area contributed by atoms with E-state index in [1.807, 2.05) is 30.3 Å². The highest BCUT2D eigenvalue weighted by Gasteiger charge is 2.30. The fourth-order valence-electron chi connectivity index (χ4n) is 2.35. The minimum Gasteiger partial charge on any atom is -0.277 e. The predicted molar refractivity (Wildman–Crippen MR) is 101 cm³/mol. The van der Waals surface area contributed by atoms with Gasteiger partial charge in [-0.25, -0.2) is 4.68 Å². The Bertz CT molecular complexity index is 982. The largest absolute Gasteiger partial charge is 0.416 e. The van der Waals surface area contributed by atoms with Gasteiger partial charge in [0.25, 0.3) is 0 Å². The lowest BCUT2D eigenvalue weighted by atomic mass is 10.2. The molecule has 0 saturated heterocycles. The normalized spacial score (nSPS) is 11.9. The van der Waals surface area contributed by atoms with Gasteiger partial charge < -0.3 is 0 Å². The average Bonchev–Trinajstić information content (AvgIpc) is 2.91. The molecule has 0 spiro atoms. The molecule has 1 N–H and O–H groups in total. The van der Waals surface area contributed by atoms with E-state index in [-0.39, 0.29) is 10.7 Å². The molecule has 0 atom stereocenters. The Morgan fingerprint density at radius 3 is 2.48 bits per heavy atom. The molecular formula is C18H13Cl2F3N4. The average molecular weight is 413 g/mol. The number of alkyl halides is 3. The zero-order valence-corrected chi connectivity index (χ0v) is 15.4. The van der Waals surface area contributed by atoms with Crippen LogP contribution in [-0.2, 0) is 6.18 Å². The van der Waals surface area contributed by atoms with Crippen molar-refractivity contribution in [2.24, 2.45) is 5.10 Å². The molecule has 4 nitrogen and oxygen atoms in total. The Morgan fingerprint density at radius 2 is 1.81 bits per heavy atom. The first-order valence-corrected chi connectivity index (χ1v) is 8.49. The number of hydrogen-bond donors (Lipinski definition) is 1. The van der Waals surface area contributed by atoms with Crippen LogP contribution in [-0.4, -0.2) is 16.0 Å². The number of benzene rings is 2. The Hall–Kier alpha value is -2.51. The number of hydrogen-bond acceptors (Lipinski definition) is 3. The summed E-state index contributed by atoms with van der Waals surface area (Å²) in [6.07, 6.45) is -3.08. The van der Waals surface area contributed by atoms with Crippen molar-refractivity contribution in [2.45, 2.75) is 13.1 Å². The van der Waals surface area contributed by atoms with E-state index in [2.05, 4.69) is 15.6 Å². The third-order valence-corrected chi connectivity index (χ3v) is 4.41. The number of rotatable bonds is 4. The molecule has 0 amide bonds. The summed E-state index contributed by atoms with van der Waals surface area (Å²) in [7, 11) is 0. The predicted octanol–water partition coefficient (Wildman–Crippen LogP) is 5.95. The zero-order chi connectivity index (χ0) is 19.6. The molecule has 27 heavy (non-hydrogen) atoms. The molecule has 0 saturated carbocycles. The molecule has 2 aromatic carbocycles. The van der Waals surface area contributed by atoms with Gasteiger partial charge in [-0.2, -0.15) is 23.4 Å². The van der Waals surface area contributed by atoms with Gasteiger partial charge in [0.15, 0.2) is 0 Å². The van der Waals surface area contributed by atoms with E-state index >= 15 is 0 Å². The molecule has 0 aliphatic rings. The summed E-state index contributed by atoms with van der Waals surface area (Å²) in [6.45, 7) is 1.75. The molecule has 3 rings (SSSR count). The van der Waals surface area contributed by atoms with Crippen LogP contribution in [0.3, 0.4) is 0 Å². The summed E-state index contributed by atoms with van der Waals surface area (Å²) >= 11 is 12.3. The third kappa shape index (κ3) is 4.26. The van der Waals surface area contributed by atoms with E-state index in [4.69, 9.17) is 23.2 Å². The number of hydrazone groups is 1. The van der Waals surface area contributed by atoms with Crippen LogP contribution in [0.4, 0.5) is 18.9 Å². The maximum atomic E-state index is 12.8. The van der Waals surface area contributed by atoms with Gasteiger partial charge >= 0.3 is 6.18 Å². The van der Waals surface area contributed by atoms with Crippen LogP contribution in [0.25, 0.3) is 5.69 Å². The smallest absolute Gasteiger partial charge is 0.277 e. The summed E-state index contributed by atoms with van der Waals surface area (Å²) in [4.78, 5) is 0. The summed E-state index contributed by atoms with van der Waals surface area (Å²) in [6, 6.07) is 12.2. The van der Waals surface area contributed by atoms with Crippen LogP contribution in [0.5, 0.6) is 0 Å². The van der Waals surface area contributed by atoms with Gasteiger partial charge in [-0.3, -0.25) is 5.43 Å². The quantitative estimate of drug-likeness (QED) is 0.424. The van der Waals surface area contributed by atoms with E-state index in [1.165, 1.54) is 6.21 Å². The van der Waals surface area contributed by atoms with Gasteiger partial charge in [0.2, 0.25) is 0 Å². The van der Waals surface area contributed by atoms with Crippen molar-refractivity contribution in [1.82, 2.24) is 9.78 Å². The highest BCUT2D eigenvalue weighted by atomic mass is 35.5. The Morgan fingerprint density at radius 1 is 1.11 bits per heavy atom. The Balaban J connectivity index is 1.85. The first-order valence-electron chi connectivity index (χ1n) is 7.73. The number of para-hydroxylation sites is 1. The lowest BCUT2D eigenvalue weighted by Gasteiger charge is -2.09. The second kappa shape index (κ2) is 7.62. The van der Waals surface area contributed by atoms with Crippen LogP contribution >= 0.6 is 23.2 Å². The topological polar surface area (TPSA) is 42.2 Å². The van der Waals surface area contributed by atoms with Crippen molar-refractivity contribution < 1.29 is 13.2 Å². The van der Waals surface area contributed by atoms with Crippen molar-refractivity contribution in [1.29, 1.82) is 0 Å². The molecule has 0 radical (unpaired) electrons. The van der Waals surface area contributed by atoms with Crippen LogP contribution in [0, 0.1) is 6.92 Å². The van der Waals surface area contributed by atoms with Crippen molar-refractivity contribution in [3.05, 3.63) is 75.5 Å². The van der Waals surface area contributed by atoms with Crippen LogP contribution in [0.15, 0.2) is 53.6 Å². The van der Waals surface area contributed by atoms with E-state index in [9.17, 15) is 13.2 Å². The zero-order valence-electron chi connectivity index (χ0n) is 13.9. The van der Waals surface area contributed by atoms with Gasteiger partial charge in [0.05, 0.1) is 39.4 Å². The maximum Gasteiger partial charge on any atom is 0.416 e. The maximum absolute atomic E-state index is 12.8. The highest BCUT2D eigenvalue weighted by molar-refractivity contribution is 6.33. The summed E-state index contributed by atoms with van der Waals surface area (Å²) in [5, 5.41) is 8.77. The van der Waals surface area contributed by atoms with Gasteiger partial charge in [0, 0.05) is 0 Å². The van der Waals surface area contributed by atoms with Crippen LogP contribution in [0.2, 0.25) is 10.2 Å². The lowest BCUT2D eigenvalue weighted by Crippen LogP contribution is -2.05. The second-order valence-electron chi connectivity index (χ2n) is 5.60. The minimum absolute atomic E-state index is 0.0342. The number of aryl methyl sites for hydroxylation is 1. The van der Waals surface area contributed by atoms with Crippen molar-refractivity contribution >= 4 is 35.1 Å². The monoisotopic (exact) mass is 412 g/mol. The van der Waals surface area contributed by atoms with Gasteiger partial charge in [-0.1, -0.05) is 41.4 Å². The van der Waals surface area contributed by atoms with Crippen molar-refractivity contribution in [3.8, 4) is 5.69 Å². The number of anilines is 1. The number of nitrogens with zero attached hydrogens (tertiary/aromatic N) is 3. The third-order valence-electron chi connectivity index (χ3n) is 3.72. The molecule has 0 bridgehead atoms. The van der Waals surface area contributed by atoms with Crippen LogP contribution in [0.1, 0.15) is 16.8 Å². The van der Waals surface area contributed by atoms with Gasteiger partial charge in [0.1, 0.15) is 5.15 Å². The standard InChI is InChI=1S/C18H13Cl2F3N4/c1-11-14(17(20)27(26-11)13-5-3-2-4-6-13)10-24-25-16-9-12(18(21,22)23)7-8-15(16)19/h2-10,25H,1H3/b24-10-. The summed E-state index contributed by atoms with van der Waals surface area (Å²) in [5.41, 5.74) is 3.66. The van der Waals surface area contributed by atoms with Crippen LogP contribution < -0.4 is 5.43 Å². The molecule has 9 heteroatoms. The van der Waals surface area contributed by atoms with E-state index in [0.29, 0.717) is 16.4 Å². The number of aromatic nitrogens is 2. The van der Waals surface area contributed by atoms with Crippen molar-refractivity contribution in [2.75, 3.05) is 5.43 Å². The molecule has 1 heterocycles. The SMILES string of the molecule is Cc1nn(-c2ccccc2)c(Cl)c1/C=N\Nc1cc(C(F)(F)F)ccc1Cl. The van der Waals surface area contributed by atoms with E-state index in [1.54, 1.807) is 11.6 Å². The fraction of sp³-hybridized carbons (Fsp3) is 0.111. The second-order valence-corrected chi connectivity index (χ2v) is 6.36. The Kier molecular flexibility index (Phi) is 5.43.